The zero-order valence-electron chi connectivity index (χ0n) is 17.7. The number of rotatable bonds is 4. The number of nitrogens with one attached hydrogen (secondary N) is 1. The molecule has 1 aliphatic heterocycles. The molecular formula is C23H21F3N6O. The standard InChI is InChI=1S/C23H21F3N6O/c1-13-14-9-18(31-22-29-11-15(12-30-22)23(24,25)26)19(10-14)32(13)21(33)17-6-3-2-5-16(17)20-27-7-4-8-28-20/h2-8,11-14,18-19H,9-10H2,1H3,(H,29,30,31). The van der Waals surface area contributed by atoms with Crippen molar-refractivity contribution in [2.45, 2.75) is 44.1 Å². The molecule has 0 spiro atoms. The predicted octanol–water partition coefficient (Wildman–Crippen LogP) is 4.06. The van der Waals surface area contributed by atoms with E-state index in [9.17, 15) is 18.0 Å². The summed E-state index contributed by atoms with van der Waals surface area (Å²) in [5.41, 5.74) is 0.285. The molecule has 1 saturated heterocycles. The largest absolute Gasteiger partial charge is 0.419 e. The number of amides is 1. The van der Waals surface area contributed by atoms with Gasteiger partial charge in [0.05, 0.1) is 17.2 Å². The van der Waals surface area contributed by atoms with Crippen molar-refractivity contribution in [1.82, 2.24) is 24.8 Å². The fourth-order valence-corrected chi connectivity index (χ4v) is 4.93. The predicted molar refractivity (Wildman–Crippen MR) is 114 cm³/mol. The van der Waals surface area contributed by atoms with Crippen molar-refractivity contribution in [2.24, 2.45) is 5.92 Å². The van der Waals surface area contributed by atoms with Crippen molar-refractivity contribution in [1.29, 1.82) is 0 Å². The first-order chi connectivity index (χ1) is 15.8. The zero-order chi connectivity index (χ0) is 23.2. The van der Waals surface area contributed by atoms with Gasteiger partial charge in [0, 0.05) is 42.4 Å². The monoisotopic (exact) mass is 454 g/mol. The van der Waals surface area contributed by atoms with Crippen molar-refractivity contribution in [3.63, 3.8) is 0 Å². The molecule has 7 nitrogen and oxygen atoms in total. The fourth-order valence-electron chi connectivity index (χ4n) is 4.93. The summed E-state index contributed by atoms with van der Waals surface area (Å²) in [7, 11) is 0. The van der Waals surface area contributed by atoms with Gasteiger partial charge in [-0.25, -0.2) is 19.9 Å². The molecule has 33 heavy (non-hydrogen) atoms. The molecule has 5 rings (SSSR count). The lowest BCUT2D eigenvalue weighted by molar-refractivity contribution is -0.138. The summed E-state index contributed by atoms with van der Waals surface area (Å²) in [6, 6.07) is 8.74. The van der Waals surface area contributed by atoms with Gasteiger partial charge in [0.15, 0.2) is 5.82 Å². The van der Waals surface area contributed by atoms with Crippen LogP contribution in [-0.4, -0.2) is 48.9 Å². The number of carbonyl (C=O) groups is 1. The second kappa shape index (κ2) is 8.09. The number of hydrogen-bond acceptors (Lipinski definition) is 6. The first-order valence-electron chi connectivity index (χ1n) is 10.7. The van der Waals surface area contributed by atoms with Crippen LogP contribution in [0.4, 0.5) is 19.1 Å². The third kappa shape index (κ3) is 3.90. The second-order valence-electron chi connectivity index (χ2n) is 8.41. The molecule has 0 radical (unpaired) electrons. The average molecular weight is 454 g/mol. The minimum absolute atomic E-state index is 0.0406. The lowest BCUT2D eigenvalue weighted by Crippen LogP contribution is -2.51. The van der Waals surface area contributed by atoms with Crippen LogP contribution >= 0.6 is 0 Å². The lowest BCUT2D eigenvalue weighted by Gasteiger charge is -2.38. The molecule has 1 saturated carbocycles. The summed E-state index contributed by atoms with van der Waals surface area (Å²) in [5, 5.41) is 3.15. The van der Waals surface area contributed by atoms with Gasteiger partial charge in [-0.2, -0.15) is 13.2 Å². The van der Waals surface area contributed by atoms with E-state index in [1.165, 1.54) is 0 Å². The van der Waals surface area contributed by atoms with Crippen LogP contribution in [0.25, 0.3) is 11.4 Å². The highest BCUT2D eigenvalue weighted by Gasteiger charge is 2.51. The van der Waals surface area contributed by atoms with Gasteiger partial charge in [-0.05, 0) is 37.8 Å². The first kappa shape index (κ1) is 21.3. The Morgan fingerprint density at radius 2 is 1.73 bits per heavy atom. The minimum atomic E-state index is -4.49. The molecular weight excluding hydrogens is 433 g/mol. The number of carbonyl (C=O) groups excluding carboxylic acids is 1. The van der Waals surface area contributed by atoms with Gasteiger partial charge in [0.2, 0.25) is 5.95 Å². The van der Waals surface area contributed by atoms with E-state index < -0.39 is 11.7 Å². The van der Waals surface area contributed by atoms with Gasteiger partial charge in [0.1, 0.15) is 0 Å². The number of alkyl halides is 3. The van der Waals surface area contributed by atoms with E-state index in [2.05, 4.69) is 25.3 Å². The molecule has 1 aliphatic carbocycles. The molecule has 3 aromatic rings. The quantitative estimate of drug-likeness (QED) is 0.640. The van der Waals surface area contributed by atoms with Gasteiger partial charge in [-0.1, -0.05) is 18.2 Å². The fraction of sp³-hybridized carbons (Fsp3) is 0.348. The van der Waals surface area contributed by atoms with E-state index in [0.29, 0.717) is 17.0 Å². The maximum atomic E-state index is 13.7. The molecule has 1 amide bonds. The van der Waals surface area contributed by atoms with Crippen LogP contribution in [0.1, 0.15) is 35.7 Å². The Hall–Kier alpha value is -3.56. The Balaban J connectivity index is 1.39. The molecule has 170 valence electrons. The highest BCUT2D eigenvalue weighted by atomic mass is 19.4. The maximum Gasteiger partial charge on any atom is 0.419 e. The van der Waals surface area contributed by atoms with E-state index in [-0.39, 0.29) is 35.9 Å². The molecule has 1 N–H and O–H groups in total. The first-order valence-corrected chi connectivity index (χ1v) is 10.7. The summed E-state index contributed by atoms with van der Waals surface area (Å²) in [6.45, 7) is 2.04. The van der Waals surface area contributed by atoms with Crippen LogP contribution < -0.4 is 5.32 Å². The summed E-state index contributed by atoms with van der Waals surface area (Å²) >= 11 is 0. The van der Waals surface area contributed by atoms with E-state index >= 15 is 0 Å². The molecule has 10 heteroatoms. The molecule has 2 bridgehead atoms. The Labute approximate surface area is 188 Å². The number of halogens is 3. The van der Waals surface area contributed by atoms with Crippen molar-refractivity contribution >= 4 is 11.9 Å². The number of fused-ring (bicyclic) bond motifs is 2. The molecule has 4 atom stereocenters. The van der Waals surface area contributed by atoms with Crippen LogP contribution in [0.15, 0.2) is 55.1 Å². The van der Waals surface area contributed by atoms with Crippen LogP contribution in [0, 0.1) is 5.92 Å². The molecule has 2 fully saturated rings. The smallest absolute Gasteiger partial charge is 0.349 e. The highest BCUT2D eigenvalue weighted by molar-refractivity contribution is 6.00. The second-order valence-corrected chi connectivity index (χ2v) is 8.41. The van der Waals surface area contributed by atoms with Crippen LogP contribution in [-0.2, 0) is 6.18 Å². The van der Waals surface area contributed by atoms with Crippen LogP contribution in [0.2, 0.25) is 0 Å². The van der Waals surface area contributed by atoms with Crippen molar-refractivity contribution < 1.29 is 18.0 Å². The number of anilines is 1. The normalized spacial score (nSPS) is 24.2. The Morgan fingerprint density at radius 3 is 2.39 bits per heavy atom. The van der Waals surface area contributed by atoms with Gasteiger partial charge >= 0.3 is 6.18 Å². The van der Waals surface area contributed by atoms with Crippen molar-refractivity contribution in [3.8, 4) is 11.4 Å². The van der Waals surface area contributed by atoms with E-state index in [4.69, 9.17) is 0 Å². The van der Waals surface area contributed by atoms with Gasteiger partial charge in [-0.15, -0.1) is 0 Å². The van der Waals surface area contributed by atoms with Crippen LogP contribution in [0.5, 0.6) is 0 Å². The molecule has 1 aromatic carbocycles. The third-order valence-corrected chi connectivity index (χ3v) is 6.54. The Morgan fingerprint density at radius 1 is 1.03 bits per heavy atom. The number of piperidine rings is 1. The highest BCUT2D eigenvalue weighted by Crippen LogP contribution is 2.44. The van der Waals surface area contributed by atoms with Crippen molar-refractivity contribution in [3.05, 3.63) is 66.2 Å². The molecule has 2 aliphatic rings. The molecule has 3 heterocycles. The van der Waals surface area contributed by atoms with Gasteiger partial charge < -0.3 is 10.2 Å². The average Bonchev–Trinajstić information content (AvgIpc) is 3.36. The number of aromatic nitrogens is 4. The third-order valence-electron chi connectivity index (χ3n) is 6.54. The molecule has 4 unspecified atom stereocenters. The van der Waals surface area contributed by atoms with Gasteiger partial charge in [-0.3, -0.25) is 4.79 Å². The summed E-state index contributed by atoms with van der Waals surface area (Å²) in [4.78, 5) is 31.8. The van der Waals surface area contributed by atoms with E-state index in [0.717, 1.165) is 25.2 Å². The number of likely N-dealkylation sites (tertiary alicyclic amines) is 1. The summed E-state index contributed by atoms with van der Waals surface area (Å²) < 4.78 is 38.4. The SMILES string of the molecule is CC1C2CC(Nc3ncc(C(F)(F)F)cn3)C(C2)N1C(=O)c1ccccc1-c1ncccn1. The van der Waals surface area contributed by atoms with Gasteiger partial charge in [0.25, 0.3) is 5.91 Å². The number of benzene rings is 1. The zero-order valence-corrected chi connectivity index (χ0v) is 17.7. The summed E-state index contributed by atoms with van der Waals surface area (Å²) in [5.74, 6) is 0.772. The van der Waals surface area contributed by atoms with E-state index in [1.807, 2.05) is 30.0 Å². The Bertz CT molecular complexity index is 1150. The lowest BCUT2D eigenvalue weighted by atomic mass is 9.96. The maximum absolute atomic E-state index is 13.7. The number of nitrogens with zero attached hydrogens (tertiary/aromatic N) is 5. The Kier molecular flexibility index (Phi) is 5.22. The number of hydrogen-bond donors (Lipinski definition) is 1. The minimum Gasteiger partial charge on any atom is -0.349 e. The van der Waals surface area contributed by atoms with E-state index in [1.54, 1.807) is 24.5 Å². The summed E-state index contributed by atoms with van der Waals surface area (Å²) in [6.07, 6.45) is 1.93. The van der Waals surface area contributed by atoms with Crippen molar-refractivity contribution in [2.75, 3.05) is 5.32 Å². The topological polar surface area (TPSA) is 83.9 Å². The molecule has 2 aromatic heterocycles. The van der Waals surface area contributed by atoms with Crippen LogP contribution in [0.3, 0.4) is 0 Å².